The fourth-order valence-electron chi connectivity index (χ4n) is 2.07. The van der Waals surface area contributed by atoms with Crippen LogP contribution in [-0.2, 0) is 16.0 Å². The number of carbonyl (C=O) groups is 3. The topological polar surface area (TPSA) is 122 Å². The molecule has 1 unspecified atom stereocenters. The van der Waals surface area contributed by atoms with Crippen LogP contribution < -0.4 is 16.4 Å². The molecule has 20 heavy (non-hydrogen) atoms. The van der Waals surface area contributed by atoms with Crippen molar-refractivity contribution in [3.63, 3.8) is 0 Å². The molecule has 1 heterocycles. The van der Waals surface area contributed by atoms with Crippen molar-refractivity contribution in [3.05, 3.63) is 29.3 Å². The van der Waals surface area contributed by atoms with Gasteiger partial charge in [0.25, 0.3) is 5.91 Å². The van der Waals surface area contributed by atoms with Gasteiger partial charge >= 0.3 is 5.97 Å². The number of carboxylic acid groups (broad SMARTS) is 1. The number of carboxylic acids is 1. The summed E-state index contributed by atoms with van der Waals surface area (Å²) >= 11 is 0. The van der Waals surface area contributed by atoms with Gasteiger partial charge in [0.2, 0.25) is 5.91 Å². The molecule has 7 nitrogen and oxygen atoms in total. The van der Waals surface area contributed by atoms with Crippen LogP contribution in [0.25, 0.3) is 0 Å². The van der Waals surface area contributed by atoms with Gasteiger partial charge in [-0.05, 0) is 24.1 Å². The van der Waals surface area contributed by atoms with Gasteiger partial charge in [-0.2, -0.15) is 0 Å². The summed E-state index contributed by atoms with van der Waals surface area (Å²) in [6.45, 7) is 0.819. The monoisotopic (exact) mass is 277 g/mol. The van der Waals surface area contributed by atoms with E-state index in [0.717, 1.165) is 24.2 Å². The van der Waals surface area contributed by atoms with Crippen molar-refractivity contribution in [2.75, 3.05) is 11.9 Å². The Morgan fingerprint density at radius 3 is 2.80 bits per heavy atom. The normalized spacial score (nSPS) is 14.0. The standard InChI is InChI=1S/C13H15N3O4/c14-11(17)6-10(13(19)20)16-12(18)8-2-1-7-3-4-15-9(7)5-8/h1-2,5,10,15H,3-4,6H2,(H2,14,17)(H,16,18)(H,19,20). The van der Waals surface area contributed by atoms with Crippen molar-refractivity contribution >= 4 is 23.5 Å². The van der Waals surface area contributed by atoms with Gasteiger partial charge in [0.05, 0.1) is 6.42 Å². The second kappa shape index (κ2) is 5.60. The Bertz CT molecular complexity index is 571. The highest BCUT2D eigenvalue weighted by atomic mass is 16.4. The van der Waals surface area contributed by atoms with Gasteiger partial charge < -0.3 is 21.5 Å². The maximum Gasteiger partial charge on any atom is 0.326 e. The van der Waals surface area contributed by atoms with E-state index in [1.165, 1.54) is 0 Å². The van der Waals surface area contributed by atoms with Gasteiger partial charge in [-0.15, -0.1) is 0 Å². The molecule has 106 valence electrons. The zero-order valence-electron chi connectivity index (χ0n) is 10.7. The minimum absolute atomic E-state index is 0.342. The van der Waals surface area contributed by atoms with Gasteiger partial charge in [-0.25, -0.2) is 4.79 Å². The van der Waals surface area contributed by atoms with Crippen LogP contribution in [0.15, 0.2) is 18.2 Å². The molecule has 0 saturated carbocycles. The molecule has 1 aromatic rings. The number of rotatable bonds is 5. The molecule has 0 spiro atoms. The zero-order chi connectivity index (χ0) is 14.7. The van der Waals surface area contributed by atoms with Gasteiger partial charge in [0, 0.05) is 17.8 Å². The minimum Gasteiger partial charge on any atom is -0.480 e. The molecule has 0 radical (unpaired) electrons. The fraction of sp³-hybridized carbons (Fsp3) is 0.308. The molecular formula is C13H15N3O4. The summed E-state index contributed by atoms with van der Waals surface area (Å²) < 4.78 is 0. The number of hydrogen-bond acceptors (Lipinski definition) is 4. The minimum atomic E-state index is -1.32. The molecule has 0 bridgehead atoms. The van der Waals surface area contributed by atoms with E-state index in [2.05, 4.69) is 10.6 Å². The highest BCUT2D eigenvalue weighted by molar-refractivity contribution is 5.98. The van der Waals surface area contributed by atoms with E-state index in [0.29, 0.717) is 5.56 Å². The number of anilines is 1. The van der Waals surface area contributed by atoms with Crippen molar-refractivity contribution in [1.82, 2.24) is 5.32 Å². The van der Waals surface area contributed by atoms with Crippen LogP contribution in [0.5, 0.6) is 0 Å². The number of nitrogens with one attached hydrogen (secondary N) is 2. The molecule has 0 aromatic heterocycles. The SMILES string of the molecule is NC(=O)CC(NC(=O)c1ccc2c(c1)NCC2)C(=O)O. The Hall–Kier alpha value is -2.57. The van der Waals surface area contributed by atoms with Crippen molar-refractivity contribution in [3.8, 4) is 0 Å². The van der Waals surface area contributed by atoms with Crippen LogP contribution in [0, 0.1) is 0 Å². The lowest BCUT2D eigenvalue weighted by Gasteiger charge is -2.13. The number of primary amides is 1. The van der Waals surface area contributed by atoms with Crippen LogP contribution in [0.1, 0.15) is 22.3 Å². The quantitative estimate of drug-likeness (QED) is 0.589. The molecular weight excluding hydrogens is 262 g/mol. The first kappa shape index (κ1) is 13.9. The second-order valence-corrected chi connectivity index (χ2v) is 4.58. The number of aliphatic carboxylic acids is 1. The van der Waals surface area contributed by atoms with E-state index < -0.39 is 30.2 Å². The first-order valence-corrected chi connectivity index (χ1v) is 6.16. The lowest BCUT2D eigenvalue weighted by Crippen LogP contribution is -2.43. The van der Waals surface area contributed by atoms with E-state index in [1.807, 2.05) is 6.07 Å². The molecule has 2 amide bonds. The lowest BCUT2D eigenvalue weighted by atomic mass is 10.1. The summed E-state index contributed by atoms with van der Waals surface area (Å²) in [5.74, 6) is -2.63. The summed E-state index contributed by atoms with van der Waals surface area (Å²) in [5.41, 5.74) is 7.29. The largest absolute Gasteiger partial charge is 0.480 e. The Balaban J connectivity index is 2.10. The lowest BCUT2D eigenvalue weighted by molar-refractivity contribution is -0.140. The Labute approximate surface area is 115 Å². The maximum atomic E-state index is 12.0. The summed E-state index contributed by atoms with van der Waals surface area (Å²) in [4.78, 5) is 33.7. The molecule has 1 aliphatic rings. The predicted molar refractivity (Wildman–Crippen MR) is 71.3 cm³/mol. The third kappa shape index (κ3) is 3.05. The smallest absolute Gasteiger partial charge is 0.326 e. The summed E-state index contributed by atoms with van der Waals surface area (Å²) in [7, 11) is 0. The molecule has 0 aliphatic carbocycles. The first-order valence-electron chi connectivity index (χ1n) is 6.16. The molecule has 0 saturated heterocycles. The van der Waals surface area contributed by atoms with Gasteiger partial charge in [-0.3, -0.25) is 9.59 Å². The van der Waals surface area contributed by atoms with E-state index >= 15 is 0 Å². The van der Waals surface area contributed by atoms with E-state index in [-0.39, 0.29) is 0 Å². The number of hydrogen-bond donors (Lipinski definition) is 4. The summed E-state index contributed by atoms with van der Waals surface area (Å²) in [6, 6.07) is 3.81. The van der Waals surface area contributed by atoms with Crippen molar-refractivity contribution < 1.29 is 19.5 Å². The van der Waals surface area contributed by atoms with Gasteiger partial charge in [0.15, 0.2) is 0 Å². The van der Waals surface area contributed by atoms with Crippen LogP contribution in [-0.4, -0.2) is 35.5 Å². The summed E-state index contributed by atoms with van der Waals surface area (Å²) in [5, 5.41) is 14.4. The number of benzene rings is 1. The van der Waals surface area contributed by atoms with Crippen molar-refractivity contribution in [2.24, 2.45) is 5.73 Å². The molecule has 7 heteroatoms. The Morgan fingerprint density at radius 1 is 1.40 bits per heavy atom. The van der Waals surface area contributed by atoms with Crippen LogP contribution in [0.2, 0.25) is 0 Å². The Kier molecular flexibility index (Phi) is 3.88. The average Bonchev–Trinajstić information content (AvgIpc) is 2.84. The second-order valence-electron chi connectivity index (χ2n) is 4.58. The number of carbonyl (C=O) groups excluding carboxylic acids is 2. The predicted octanol–water partition coefficient (Wildman–Crippen LogP) is -0.287. The highest BCUT2D eigenvalue weighted by Gasteiger charge is 2.23. The molecule has 1 aromatic carbocycles. The van der Waals surface area contributed by atoms with E-state index in [4.69, 9.17) is 10.8 Å². The molecule has 0 fully saturated rings. The average molecular weight is 277 g/mol. The van der Waals surface area contributed by atoms with Crippen molar-refractivity contribution in [1.29, 1.82) is 0 Å². The highest BCUT2D eigenvalue weighted by Crippen LogP contribution is 2.23. The molecule has 1 atom stereocenters. The summed E-state index contributed by atoms with van der Waals surface area (Å²) in [6.07, 6.45) is 0.459. The van der Waals surface area contributed by atoms with Gasteiger partial charge in [-0.1, -0.05) is 6.07 Å². The Morgan fingerprint density at radius 2 is 2.15 bits per heavy atom. The fourth-order valence-corrected chi connectivity index (χ4v) is 2.07. The number of nitrogens with two attached hydrogens (primary N) is 1. The third-order valence-electron chi connectivity index (χ3n) is 3.09. The molecule has 5 N–H and O–H groups in total. The first-order chi connectivity index (χ1) is 9.47. The zero-order valence-corrected chi connectivity index (χ0v) is 10.7. The molecule has 2 rings (SSSR count). The number of amides is 2. The van der Waals surface area contributed by atoms with Gasteiger partial charge in [0.1, 0.15) is 6.04 Å². The van der Waals surface area contributed by atoms with E-state index in [9.17, 15) is 14.4 Å². The number of fused-ring (bicyclic) bond motifs is 1. The molecule has 1 aliphatic heterocycles. The van der Waals surface area contributed by atoms with Crippen LogP contribution in [0.4, 0.5) is 5.69 Å². The van der Waals surface area contributed by atoms with Crippen molar-refractivity contribution in [2.45, 2.75) is 18.9 Å². The van der Waals surface area contributed by atoms with E-state index in [1.54, 1.807) is 12.1 Å². The van der Waals surface area contributed by atoms with Crippen LogP contribution >= 0.6 is 0 Å². The third-order valence-corrected chi connectivity index (χ3v) is 3.09. The van der Waals surface area contributed by atoms with Crippen LogP contribution in [0.3, 0.4) is 0 Å². The maximum absolute atomic E-state index is 12.0.